The van der Waals surface area contributed by atoms with E-state index in [1.807, 2.05) is 25.1 Å². The van der Waals surface area contributed by atoms with Gasteiger partial charge in [-0.2, -0.15) is 0 Å². The lowest BCUT2D eigenvalue weighted by molar-refractivity contribution is -0.115. The van der Waals surface area contributed by atoms with Crippen LogP contribution in [0.25, 0.3) is 6.08 Å². The van der Waals surface area contributed by atoms with E-state index in [1.165, 1.54) is 11.8 Å². The molecule has 2 heterocycles. The van der Waals surface area contributed by atoms with Crippen LogP contribution >= 0.6 is 23.4 Å². The minimum absolute atomic E-state index is 0.185. The average molecular weight is 319 g/mol. The second-order valence-electron chi connectivity index (χ2n) is 4.38. The predicted octanol–water partition coefficient (Wildman–Crippen LogP) is 4.13. The van der Waals surface area contributed by atoms with Gasteiger partial charge in [0.25, 0.3) is 5.91 Å². The van der Waals surface area contributed by atoms with Crippen molar-refractivity contribution < 1.29 is 9.21 Å². The second-order valence-corrected chi connectivity index (χ2v) is 5.82. The van der Waals surface area contributed by atoms with Crippen LogP contribution in [-0.4, -0.2) is 11.1 Å². The number of rotatable bonds is 2. The Balaban J connectivity index is 1.87. The van der Waals surface area contributed by atoms with Gasteiger partial charge in [0.1, 0.15) is 5.76 Å². The van der Waals surface area contributed by atoms with Crippen molar-refractivity contribution in [2.24, 2.45) is 4.99 Å². The van der Waals surface area contributed by atoms with Gasteiger partial charge in [-0.15, -0.1) is 0 Å². The number of carbonyl (C=O) groups excluding carboxylic acids is 1. The molecule has 0 radical (unpaired) electrons. The van der Waals surface area contributed by atoms with E-state index in [0.29, 0.717) is 20.9 Å². The highest BCUT2D eigenvalue weighted by Crippen LogP contribution is 2.31. The molecule has 0 aliphatic carbocycles. The summed E-state index contributed by atoms with van der Waals surface area (Å²) in [6.45, 7) is 1.89. The van der Waals surface area contributed by atoms with Gasteiger partial charge in [-0.3, -0.25) is 4.79 Å². The molecule has 1 N–H and O–H groups in total. The Bertz CT molecular complexity index is 751. The highest BCUT2D eigenvalue weighted by molar-refractivity contribution is 8.18. The third-order valence-corrected chi connectivity index (χ3v) is 4.25. The maximum absolute atomic E-state index is 11.9. The lowest BCUT2D eigenvalue weighted by Crippen LogP contribution is -2.19. The van der Waals surface area contributed by atoms with Crippen molar-refractivity contribution in [3.05, 3.63) is 57.8 Å². The van der Waals surface area contributed by atoms with E-state index in [4.69, 9.17) is 16.0 Å². The van der Waals surface area contributed by atoms with Crippen LogP contribution in [0.3, 0.4) is 0 Å². The van der Waals surface area contributed by atoms with Crippen LogP contribution in [0.2, 0.25) is 5.02 Å². The Morgan fingerprint density at radius 3 is 2.95 bits per heavy atom. The van der Waals surface area contributed by atoms with Gasteiger partial charge in [0.05, 0.1) is 16.9 Å². The molecule has 1 aliphatic heterocycles. The Kier molecular flexibility index (Phi) is 3.86. The zero-order valence-corrected chi connectivity index (χ0v) is 12.7. The minimum atomic E-state index is -0.185. The van der Waals surface area contributed by atoms with Gasteiger partial charge < -0.3 is 9.73 Å². The fourth-order valence-electron chi connectivity index (χ4n) is 1.81. The number of nitrogens with zero attached hydrogens (tertiary/aromatic N) is 1. The molecule has 2 aromatic rings. The van der Waals surface area contributed by atoms with Crippen molar-refractivity contribution in [3.63, 3.8) is 0 Å². The topological polar surface area (TPSA) is 54.6 Å². The number of amides is 1. The first-order chi connectivity index (χ1) is 10.1. The summed E-state index contributed by atoms with van der Waals surface area (Å²) in [5.74, 6) is 0.447. The van der Waals surface area contributed by atoms with E-state index >= 15 is 0 Å². The summed E-state index contributed by atoms with van der Waals surface area (Å²) in [4.78, 5) is 16.9. The number of carbonyl (C=O) groups is 1. The average Bonchev–Trinajstić information content (AvgIpc) is 3.07. The summed E-state index contributed by atoms with van der Waals surface area (Å²) >= 11 is 7.34. The summed E-state index contributed by atoms with van der Waals surface area (Å²) in [7, 11) is 0. The first-order valence-electron chi connectivity index (χ1n) is 6.22. The maximum atomic E-state index is 11.9. The molecule has 1 aliphatic rings. The molecule has 0 spiro atoms. The van der Waals surface area contributed by atoms with E-state index in [2.05, 4.69) is 10.3 Å². The van der Waals surface area contributed by atoms with Crippen molar-refractivity contribution in [2.45, 2.75) is 6.92 Å². The minimum Gasteiger partial charge on any atom is -0.465 e. The summed E-state index contributed by atoms with van der Waals surface area (Å²) in [5, 5.41) is 3.91. The predicted molar refractivity (Wildman–Crippen MR) is 85.7 cm³/mol. The molecule has 0 bridgehead atoms. The van der Waals surface area contributed by atoms with Crippen LogP contribution < -0.4 is 5.32 Å². The van der Waals surface area contributed by atoms with E-state index < -0.39 is 0 Å². The molecule has 106 valence electrons. The lowest BCUT2D eigenvalue weighted by atomic mass is 10.2. The first kappa shape index (κ1) is 14.0. The van der Waals surface area contributed by atoms with E-state index in [-0.39, 0.29) is 5.91 Å². The number of benzene rings is 1. The highest BCUT2D eigenvalue weighted by atomic mass is 35.5. The van der Waals surface area contributed by atoms with Gasteiger partial charge in [-0.1, -0.05) is 17.7 Å². The third kappa shape index (κ3) is 3.04. The van der Waals surface area contributed by atoms with Crippen LogP contribution in [0, 0.1) is 6.92 Å². The molecule has 0 unspecified atom stereocenters. The number of hydrogen-bond acceptors (Lipinski definition) is 4. The number of halogens is 1. The smallest absolute Gasteiger partial charge is 0.264 e. The lowest BCUT2D eigenvalue weighted by Gasteiger charge is -2.02. The molecule has 21 heavy (non-hydrogen) atoms. The van der Waals surface area contributed by atoms with Gasteiger partial charge in [0.2, 0.25) is 0 Å². The molecule has 1 aromatic carbocycles. The van der Waals surface area contributed by atoms with E-state index in [0.717, 1.165) is 11.3 Å². The van der Waals surface area contributed by atoms with Crippen molar-refractivity contribution in [2.75, 3.05) is 0 Å². The maximum Gasteiger partial charge on any atom is 0.264 e. The normalized spacial score (nSPS) is 18.5. The Labute approximate surface area is 130 Å². The largest absolute Gasteiger partial charge is 0.465 e. The molecule has 0 atom stereocenters. The van der Waals surface area contributed by atoms with Crippen LogP contribution in [0.4, 0.5) is 5.69 Å². The zero-order valence-electron chi connectivity index (χ0n) is 11.1. The summed E-state index contributed by atoms with van der Waals surface area (Å²) in [6.07, 6.45) is 3.25. The van der Waals surface area contributed by atoms with E-state index in [9.17, 15) is 4.79 Å². The Morgan fingerprint density at radius 2 is 2.19 bits per heavy atom. The van der Waals surface area contributed by atoms with E-state index in [1.54, 1.807) is 24.5 Å². The highest BCUT2D eigenvalue weighted by Gasteiger charge is 2.24. The van der Waals surface area contributed by atoms with Crippen molar-refractivity contribution >= 4 is 46.2 Å². The fraction of sp³-hybridized carbons (Fsp3) is 0.0667. The van der Waals surface area contributed by atoms with Gasteiger partial charge in [0.15, 0.2) is 5.17 Å². The molecule has 6 heteroatoms. The SMILES string of the molecule is Cc1c(Cl)cccc1N=C1NC(=O)/C(=C\c2ccco2)S1. The van der Waals surface area contributed by atoms with Crippen LogP contribution in [0.1, 0.15) is 11.3 Å². The monoisotopic (exact) mass is 318 g/mol. The number of amidine groups is 1. The molecule has 3 rings (SSSR count). The number of nitrogens with one attached hydrogen (secondary N) is 1. The summed E-state index contributed by atoms with van der Waals surface area (Å²) < 4.78 is 5.21. The second kappa shape index (κ2) is 5.79. The number of hydrogen-bond donors (Lipinski definition) is 1. The van der Waals surface area contributed by atoms with Gasteiger partial charge in [-0.25, -0.2) is 4.99 Å². The molecule has 0 saturated carbocycles. The van der Waals surface area contributed by atoms with Crippen molar-refractivity contribution in [1.29, 1.82) is 0 Å². The standard InChI is InChI=1S/C15H11ClN2O2S/c1-9-11(16)5-2-6-12(9)17-15-18-14(19)13(21-15)8-10-4-3-7-20-10/h2-8H,1H3,(H,17,18,19)/b13-8+. The first-order valence-corrected chi connectivity index (χ1v) is 7.41. The molecule has 4 nitrogen and oxygen atoms in total. The van der Waals surface area contributed by atoms with Crippen LogP contribution in [-0.2, 0) is 4.79 Å². The van der Waals surface area contributed by atoms with Crippen molar-refractivity contribution in [3.8, 4) is 0 Å². The van der Waals surface area contributed by atoms with Gasteiger partial charge in [-0.05, 0) is 48.5 Å². The van der Waals surface area contributed by atoms with Gasteiger partial charge >= 0.3 is 0 Å². The fourth-order valence-corrected chi connectivity index (χ4v) is 2.79. The van der Waals surface area contributed by atoms with Crippen molar-refractivity contribution in [1.82, 2.24) is 5.32 Å². The Hall–Kier alpha value is -1.98. The van der Waals surface area contributed by atoms with Crippen LogP contribution in [0.15, 0.2) is 50.9 Å². The summed E-state index contributed by atoms with van der Waals surface area (Å²) in [6, 6.07) is 9.06. The quantitative estimate of drug-likeness (QED) is 0.847. The van der Waals surface area contributed by atoms with Gasteiger partial charge in [0, 0.05) is 11.1 Å². The molecule has 1 saturated heterocycles. The molecule has 1 amide bonds. The number of furan rings is 1. The van der Waals surface area contributed by atoms with Crippen LogP contribution in [0.5, 0.6) is 0 Å². The zero-order chi connectivity index (χ0) is 14.8. The number of aliphatic imine (C=N–C) groups is 1. The molecule has 1 fully saturated rings. The third-order valence-electron chi connectivity index (χ3n) is 2.93. The molecular weight excluding hydrogens is 308 g/mol. The summed E-state index contributed by atoms with van der Waals surface area (Å²) in [5.41, 5.74) is 1.62. The number of thioether (sulfide) groups is 1. The molecular formula is C15H11ClN2O2S. The Morgan fingerprint density at radius 1 is 1.33 bits per heavy atom. The molecule has 1 aromatic heterocycles.